The molecule has 1 aliphatic rings. The highest BCUT2D eigenvalue weighted by atomic mass is 16.1. The normalized spacial score (nSPS) is 13.0. The van der Waals surface area contributed by atoms with Gasteiger partial charge in [0.1, 0.15) is 0 Å². The molecule has 28 heavy (non-hydrogen) atoms. The Morgan fingerprint density at radius 1 is 1.11 bits per heavy atom. The summed E-state index contributed by atoms with van der Waals surface area (Å²) in [5, 5.41) is 2.85. The molecule has 0 unspecified atom stereocenters. The molecule has 1 aliphatic carbocycles. The Morgan fingerprint density at radius 2 is 1.93 bits per heavy atom. The maximum absolute atomic E-state index is 12.6. The number of carbonyl (C=O) groups excluding carboxylic acids is 1. The maximum Gasteiger partial charge on any atom is 0.253 e. The molecule has 142 valence electrons. The van der Waals surface area contributed by atoms with Gasteiger partial charge in [0.15, 0.2) is 0 Å². The van der Waals surface area contributed by atoms with E-state index >= 15 is 0 Å². The fraction of sp³-hybridized carbons (Fsp3) is 0.286. The van der Waals surface area contributed by atoms with E-state index in [0.29, 0.717) is 17.8 Å². The Kier molecular flexibility index (Phi) is 4.97. The van der Waals surface area contributed by atoms with Gasteiger partial charge >= 0.3 is 0 Å². The van der Waals surface area contributed by atoms with Crippen LogP contribution in [0.5, 0.6) is 0 Å². The molecule has 0 bridgehead atoms. The fourth-order valence-corrected chi connectivity index (χ4v) is 3.52. The summed E-state index contributed by atoms with van der Waals surface area (Å²) in [4.78, 5) is 40.2. The molecule has 3 aromatic rings. The molecule has 2 N–H and O–H groups in total. The van der Waals surface area contributed by atoms with Crippen molar-refractivity contribution < 1.29 is 4.79 Å². The molecule has 0 saturated heterocycles. The van der Waals surface area contributed by atoms with Crippen LogP contribution in [0.3, 0.4) is 0 Å². The number of amides is 1. The van der Waals surface area contributed by atoms with E-state index in [9.17, 15) is 9.59 Å². The lowest BCUT2D eigenvalue weighted by Crippen LogP contribution is -2.23. The van der Waals surface area contributed by atoms with Crippen molar-refractivity contribution in [3.8, 4) is 11.1 Å². The Morgan fingerprint density at radius 3 is 2.71 bits per heavy atom. The van der Waals surface area contributed by atoms with E-state index in [0.717, 1.165) is 53.6 Å². The molecular formula is C21H21N5O2. The van der Waals surface area contributed by atoms with E-state index in [1.807, 2.05) is 13.0 Å². The minimum atomic E-state index is -0.227. The van der Waals surface area contributed by atoms with Crippen LogP contribution in [0.4, 0.5) is 0 Å². The molecular weight excluding hydrogens is 354 g/mol. The Bertz CT molecular complexity index is 1070. The number of carbonyl (C=O) groups is 1. The predicted molar refractivity (Wildman–Crippen MR) is 105 cm³/mol. The van der Waals surface area contributed by atoms with E-state index < -0.39 is 0 Å². The summed E-state index contributed by atoms with van der Waals surface area (Å²) in [6.45, 7) is 2.16. The SMILES string of the molecule is Cc1cnc(CNC(=O)c2cncc(-c3c[nH]c(=O)c4c3CCCC4)c2)cn1. The van der Waals surface area contributed by atoms with Crippen LogP contribution in [0.25, 0.3) is 11.1 Å². The van der Waals surface area contributed by atoms with Crippen LogP contribution in [-0.2, 0) is 19.4 Å². The topological polar surface area (TPSA) is 101 Å². The lowest BCUT2D eigenvalue weighted by atomic mass is 9.88. The first-order chi connectivity index (χ1) is 13.6. The third kappa shape index (κ3) is 3.69. The highest BCUT2D eigenvalue weighted by Gasteiger charge is 2.18. The number of nitrogens with one attached hydrogen (secondary N) is 2. The van der Waals surface area contributed by atoms with E-state index in [1.165, 1.54) is 6.20 Å². The van der Waals surface area contributed by atoms with Crippen LogP contribution in [0, 0.1) is 6.92 Å². The highest BCUT2D eigenvalue weighted by Crippen LogP contribution is 2.29. The van der Waals surface area contributed by atoms with Gasteiger partial charge in [0, 0.05) is 41.5 Å². The molecule has 7 heteroatoms. The number of H-pyrrole nitrogens is 1. The average Bonchev–Trinajstić information content (AvgIpc) is 2.74. The summed E-state index contributed by atoms with van der Waals surface area (Å²) >= 11 is 0. The van der Waals surface area contributed by atoms with Gasteiger partial charge in [-0.2, -0.15) is 0 Å². The molecule has 7 nitrogen and oxygen atoms in total. The van der Waals surface area contributed by atoms with Crippen LogP contribution < -0.4 is 10.9 Å². The summed E-state index contributed by atoms with van der Waals surface area (Å²) in [7, 11) is 0. The van der Waals surface area contributed by atoms with Gasteiger partial charge in [-0.25, -0.2) is 0 Å². The van der Waals surface area contributed by atoms with Gasteiger partial charge in [0.05, 0.1) is 29.7 Å². The van der Waals surface area contributed by atoms with Crippen molar-refractivity contribution in [2.75, 3.05) is 0 Å². The highest BCUT2D eigenvalue weighted by molar-refractivity contribution is 5.95. The molecule has 0 radical (unpaired) electrons. The lowest BCUT2D eigenvalue weighted by molar-refractivity contribution is 0.0950. The smallest absolute Gasteiger partial charge is 0.253 e. The zero-order valence-corrected chi connectivity index (χ0v) is 15.7. The number of aryl methyl sites for hydroxylation is 1. The minimum Gasteiger partial charge on any atom is -0.346 e. The van der Waals surface area contributed by atoms with Gasteiger partial charge in [0.2, 0.25) is 0 Å². The van der Waals surface area contributed by atoms with Crippen molar-refractivity contribution in [3.63, 3.8) is 0 Å². The molecule has 0 aliphatic heterocycles. The number of aromatic nitrogens is 4. The summed E-state index contributed by atoms with van der Waals surface area (Å²) in [5.74, 6) is -0.227. The summed E-state index contributed by atoms with van der Waals surface area (Å²) < 4.78 is 0. The standard InChI is InChI=1S/C21H21N5O2/c1-13-7-24-16(10-23-13)11-25-20(27)15-6-14(8-22-9-15)19-12-26-21(28)18-5-3-2-4-17(18)19/h6-10,12H,2-5,11H2,1H3,(H,25,27)(H,26,28). The van der Waals surface area contributed by atoms with Crippen LogP contribution >= 0.6 is 0 Å². The summed E-state index contributed by atoms with van der Waals surface area (Å²) in [6.07, 6.45) is 12.1. The first-order valence-electron chi connectivity index (χ1n) is 9.36. The van der Waals surface area contributed by atoms with Crippen LogP contribution in [0.1, 0.15) is 45.7 Å². The van der Waals surface area contributed by atoms with Gasteiger partial charge in [-0.1, -0.05) is 0 Å². The van der Waals surface area contributed by atoms with Gasteiger partial charge < -0.3 is 10.3 Å². The number of hydrogen-bond acceptors (Lipinski definition) is 5. The lowest BCUT2D eigenvalue weighted by Gasteiger charge is -2.18. The molecule has 0 aromatic carbocycles. The van der Waals surface area contributed by atoms with Crippen molar-refractivity contribution in [2.45, 2.75) is 39.2 Å². The summed E-state index contributed by atoms with van der Waals surface area (Å²) in [6, 6.07) is 1.81. The van der Waals surface area contributed by atoms with Crippen molar-refractivity contribution in [3.05, 3.63) is 75.5 Å². The van der Waals surface area contributed by atoms with Gasteiger partial charge in [-0.05, 0) is 44.2 Å². The number of nitrogens with zero attached hydrogens (tertiary/aromatic N) is 3. The van der Waals surface area contributed by atoms with E-state index in [2.05, 4.69) is 25.3 Å². The second kappa shape index (κ2) is 7.72. The zero-order chi connectivity index (χ0) is 19.5. The number of fused-ring (bicyclic) bond motifs is 1. The predicted octanol–water partition coefficient (Wildman–Crippen LogP) is 2.34. The Balaban J connectivity index is 1.57. The van der Waals surface area contributed by atoms with Crippen LogP contribution in [-0.4, -0.2) is 25.8 Å². The van der Waals surface area contributed by atoms with E-state index in [-0.39, 0.29) is 11.5 Å². The molecule has 0 atom stereocenters. The molecule has 1 amide bonds. The molecule has 3 aromatic heterocycles. The maximum atomic E-state index is 12.6. The van der Waals surface area contributed by atoms with Gasteiger partial charge in [-0.15, -0.1) is 0 Å². The first-order valence-corrected chi connectivity index (χ1v) is 9.36. The molecule has 4 rings (SSSR count). The molecule has 0 spiro atoms. The summed E-state index contributed by atoms with van der Waals surface area (Å²) in [5.41, 5.74) is 5.68. The van der Waals surface area contributed by atoms with Gasteiger partial charge in [0.25, 0.3) is 11.5 Å². The number of rotatable bonds is 4. The third-order valence-corrected chi connectivity index (χ3v) is 4.99. The van der Waals surface area contributed by atoms with Crippen molar-refractivity contribution in [1.29, 1.82) is 0 Å². The number of pyridine rings is 2. The van der Waals surface area contributed by atoms with Gasteiger partial charge in [-0.3, -0.25) is 24.5 Å². The van der Waals surface area contributed by atoms with E-state index in [4.69, 9.17) is 0 Å². The van der Waals surface area contributed by atoms with Crippen molar-refractivity contribution in [2.24, 2.45) is 0 Å². The fourth-order valence-electron chi connectivity index (χ4n) is 3.52. The van der Waals surface area contributed by atoms with Crippen molar-refractivity contribution >= 4 is 5.91 Å². The quantitative estimate of drug-likeness (QED) is 0.729. The third-order valence-electron chi connectivity index (χ3n) is 4.99. The van der Waals surface area contributed by atoms with E-state index in [1.54, 1.807) is 24.8 Å². The van der Waals surface area contributed by atoms with Crippen LogP contribution in [0.15, 0.2) is 41.8 Å². The Hall–Kier alpha value is -3.35. The largest absolute Gasteiger partial charge is 0.346 e. The molecule has 0 fully saturated rings. The second-order valence-electron chi connectivity index (χ2n) is 6.99. The number of hydrogen-bond donors (Lipinski definition) is 2. The first kappa shape index (κ1) is 18.0. The Labute approximate surface area is 162 Å². The van der Waals surface area contributed by atoms with Crippen LogP contribution in [0.2, 0.25) is 0 Å². The molecule has 0 saturated carbocycles. The molecule has 3 heterocycles. The number of aromatic amines is 1. The monoisotopic (exact) mass is 375 g/mol. The second-order valence-corrected chi connectivity index (χ2v) is 6.99. The average molecular weight is 375 g/mol. The zero-order valence-electron chi connectivity index (χ0n) is 15.7. The minimum absolute atomic E-state index is 0.0143. The van der Waals surface area contributed by atoms with Crippen molar-refractivity contribution in [1.82, 2.24) is 25.3 Å².